The minimum atomic E-state index is -1.23. The van der Waals surface area contributed by atoms with Crippen LogP contribution in [0, 0.1) is 10.1 Å². The summed E-state index contributed by atoms with van der Waals surface area (Å²) in [5.41, 5.74) is 5.32. The van der Waals surface area contributed by atoms with Gasteiger partial charge >= 0.3 is 5.97 Å². The van der Waals surface area contributed by atoms with Crippen molar-refractivity contribution in [2.75, 3.05) is 5.32 Å². The standard InChI is InChI=1S/C10H10BrN3O5/c11-6-2-1-5(14(18)19)3-8(6)13-10(17)7(12)4-9(15)16/h1-3,7H,4,12H2,(H,13,17)(H,15,16). The van der Waals surface area contributed by atoms with Gasteiger partial charge in [-0.1, -0.05) is 0 Å². The van der Waals surface area contributed by atoms with Gasteiger partial charge in [0, 0.05) is 16.6 Å². The highest BCUT2D eigenvalue weighted by molar-refractivity contribution is 9.10. The lowest BCUT2D eigenvalue weighted by Gasteiger charge is -2.11. The predicted molar refractivity (Wildman–Crippen MR) is 69.7 cm³/mol. The summed E-state index contributed by atoms with van der Waals surface area (Å²) < 4.78 is 0.425. The van der Waals surface area contributed by atoms with E-state index in [1.54, 1.807) is 0 Å². The molecule has 0 radical (unpaired) electrons. The van der Waals surface area contributed by atoms with Gasteiger partial charge in [0.2, 0.25) is 5.91 Å². The van der Waals surface area contributed by atoms with Crippen molar-refractivity contribution in [1.29, 1.82) is 0 Å². The molecule has 0 saturated carbocycles. The van der Waals surface area contributed by atoms with Crippen LogP contribution in [0.1, 0.15) is 6.42 Å². The number of non-ortho nitro benzene ring substituents is 1. The van der Waals surface area contributed by atoms with Gasteiger partial charge in [0.1, 0.15) is 0 Å². The Morgan fingerprint density at radius 1 is 1.53 bits per heavy atom. The van der Waals surface area contributed by atoms with Gasteiger partial charge in [-0.25, -0.2) is 0 Å². The van der Waals surface area contributed by atoms with E-state index < -0.39 is 29.3 Å². The molecule has 1 aromatic carbocycles. The fourth-order valence-electron chi connectivity index (χ4n) is 1.23. The van der Waals surface area contributed by atoms with Crippen molar-refractivity contribution < 1.29 is 19.6 Å². The summed E-state index contributed by atoms with van der Waals surface area (Å²) >= 11 is 3.11. The molecule has 4 N–H and O–H groups in total. The average molecular weight is 332 g/mol. The van der Waals surface area contributed by atoms with Gasteiger partial charge in [-0.05, 0) is 22.0 Å². The van der Waals surface area contributed by atoms with Crippen LogP contribution in [-0.4, -0.2) is 27.9 Å². The number of hydrogen-bond acceptors (Lipinski definition) is 5. The first kappa shape index (κ1) is 15.1. The van der Waals surface area contributed by atoms with E-state index in [1.165, 1.54) is 12.1 Å². The first-order valence-corrected chi connectivity index (χ1v) is 5.82. The van der Waals surface area contributed by atoms with E-state index in [4.69, 9.17) is 10.8 Å². The minimum absolute atomic E-state index is 0.153. The van der Waals surface area contributed by atoms with Crippen LogP contribution >= 0.6 is 15.9 Å². The van der Waals surface area contributed by atoms with Gasteiger partial charge < -0.3 is 16.2 Å². The van der Waals surface area contributed by atoms with E-state index >= 15 is 0 Å². The molecule has 0 saturated heterocycles. The quantitative estimate of drug-likeness (QED) is 0.546. The largest absolute Gasteiger partial charge is 0.481 e. The molecular formula is C10H10BrN3O5. The number of amides is 1. The minimum Gasteiger partial charge on any atom is -0.481 e. The first-order chi connectivity index (χ1) is 8.81. The van der Waals surface area contributed by atoms with Crippen LogP contribution in [0.2, 0.25) is 0 Å². The molecule has 0 aliphatic rings. The Labute approximate surface area is 115 Å². The normalized spacial score (nSPS) is 11.7. The van der Waals surface area contributed by atoms with Crippen molar-refractivity contribution in [3.63, 3.8) is 0 Å². The number of anilines is 1. The number of nitro benzene ring substituents is 1. The lowest BCUT2D eigenvalue weighted by Crippen LogP contribution is -2.37. The Kier molecular flexibility index (Phi) is 4.95. The fourth-order valence-corrected chi connectivity index (χ4v) is 1.57. The molecule has 19 heavy (non-hydrogen) atoms. The van der Waals surface area contributed by atoms with Crippen LogP contribution in [0.3, 0.4) is 0 Å². The Hall–Kier alpha value is -2.00. The second-order valence-corrected chi connectivity index (χ2v) is 4.47. The Bertz CT molecular complexity index is 534. The van der Waals surface area contributed by atoms with Gasteiger partial charge in [0.25, 0.3) is 5.69 Å². The van der Waals surface area contributed by atoms with Crippen molar-refractivity contribution in [2.24, 2.45) is 5.73 Å². The molecule has 0 heterocycles. The zero-order chi connectivity index (χ0) is 14.6. The molecule has 8 nitrogen and oxygen atoms in total. The topological polar surface area (TPSA) is 136 Å². The number of carbonyl (C=O) groups excluding carboxylic acids is 1. The third-order valence-corrected chi connectivity index (χ3v) is 2.84. The van der Waals surface area contributed by atoms with Crippen molar-refractivity contribution >= 4 is 39.2 Å². The number of hydrogen-bond donors (Lipinski definition) is 3. The molecule has 0 aromatic heterocycles. The number of rotatable bonds is 5. The highest BCUT2D eigenvalue weighted by atomic mass is 79.9. The third kappa shape index (κ3) is 4.30. The highest BCUT2D eigenvalue weighted by Gasteiger charge is 2.19. The lowest BCUT2D eigenvalue weighted by molar-refractivity contribution is -0.384. The fraction of sp³-hybridized carbons (Fsp3) is 0.200. The molecule has 0 fully saturated rings. The summed E-state index contributed by atoms with van der Waals surface area (Å²) in [6.07, 6.45) is -0.529. The maximum absolute atomic E-state index is 11.6. The molecule has 9 heteroatoms. The molecule has 102 valence electrons. The van der Waals surface area contributed by atoms with Gasteiger partial charge in [0.15, 0.2) is 0 Å². The van der Waals surface area contributed by atoms with E-state index in [9.17, 15) is 19.7 Å². The Morgan fingerprint density at radius 3 is 2.68 bits per heavy atom. The smallest absolute Gasteiger partial charge is 0.305 e. The monoisotopic (exact) mass is 331 g/mol. The number of benzene rings is 1. The van der Waals surface area contributed by atoms with Gasteiger partial charge in [0.05, 0.1) is 23.1 Å². The van der Waals surface area contributed by atoms with Crippen molar-refractivity contribution in [1.82, 2.24) is 0 Å². The van der Waals surface area contributed by atoms with Crippen LogP contribution in [-0.2, 0) is 9.59 Å². The second kappa shape index (κ2) is 6.25. The van der Waals surface area contributed by atoms with E-state index in [0.717, 1.165) is 6.07 Å². The molecule has 0 aliphatic carbocycles. The number of halogens is 1. The SMILES string of the molecule is NC(CC(=O)O)C(=O)Nc1cc([N+](=O)[O-])ccc1Br. The molecule has 1 amide bonds. The van der Waals surface area contributed by atoms with E-state index in [2.05, 4.69) is 21.2 Å². The number of nitro groups is 1. The van der Waals surface area contributed by atoms with Crippen LogP contribution in [0.5, 0.6) is 0 Å². The molecule has 1 atom stereocenters. The van der Waals surface area contributed by atoms with Crippen LogP contribution in [0.15, 0.2) is 22.7 Å². The summed E-state index contributed by atoms with van der Waals surface area (Å²) in [6, 6.07) is 2.58. The van der Waals surface area contributed by atoms with Gasteiger partial charge in [-0.15, -0.1) is 0 Å². The maximum atomic E-state index is 11.6. The number of aliphatic carboxylic acids is 1. The predicted octanol–water partition coefficient (Wildman–Crippen LogP) is 1.10. The number of carboxylic acid groups (broad SMARTS) is 1. The van der Waals surface area contributed by atoms with E-state index in [-0.39, 0.29) is 11.4 Å². The van der Waals surface area contributed by atoms with Crippen molar-refractivity contribution in [3.05, 3.63) is 32.8 Å². The molecule has 0 bridgehead atoms. The van der Waals surface area contributed by atoms with Gasteiger partial charge in [-0.3, -0.25) is 19.7 Å². The number of nitrogens with zero attached hydrogens (tertiary/aromatic N) is 1. The summed E-state index contributed by atoms with van der Waals surface area (Å²) in [4.78, 5) is 32.0. The second-order valence-electron chi connectivity index (χ2n) is 3.61. The summed E-state index contributed by atoms with van der Waals surface area (Å²) in [5.74, 6) is -1.94. The maximum Gasteiger partial charge on any atom is 0.305 e. The average Bonchev–Trinajstić information content (AvgIpc) is 2.30. The lowest BCUT2D eigenvalue weighted by atomic mass is 10.2. The zero-order valence-electron chi connectivity index (χ0n) is 9.50. The number of carboxylic acids is 1. The van der Waals surface area contributed by atoms with Crippen LogP contribution in [0.4, 0.5) is 11.4 Å². The van der Waals surface area contributed by atoms with Crippen molar-refractivity contribution in [3.8, 4) is 0 Å². The van der Waals surface area contributed by atoms with Gasteiger partial charge in [-0.2, -0.15) is 0 Å². The molecule has 1 rings (SSSR count). The number of carbonyl (C=O) groups is 2. The summed E-state index contributed by atoms with van der Waals surface area (Å²) in [7, 11) is 0. The van der Waals surface area contributed by atoms with Crippen LogP contribution in [0.25, 0.3) is 0 Å². The van der Waals surface area contributed by atoms with E-state index in [1.807, 2.05) is 0 Å². The van der Waals surface area contributed by atoms with Crippen LogP contribution < -0.4 is 11.1 Å². The molecule has 1 unspecified atom stereocenters. The zero-order valence-corrected chi connectivity index (χ0v) is 11.1. The Balaban J connectivity index is 2.86. The highest BCUT2D eigenvalue weighted by Crippen LogP contribution is 2.27. The molecular weight excluding hydrogens is 322 g/mol. The number of nitrogens with two attached hydrogens (primary N) is 1. The van der Waals surface area contributed by atoms with E-state index in [0.29, 0.717) is 4.47 Å². The number of nitrogens with one attached hydrogen (secondary N) is 1. The third-order valence-electron chi connectivity index (χ3n) is 2.15. The van der Waals surface area contributed by atoms with Crippen molar-refractivity contribution in [2.45, 2.75) is 12.5 Å². The summed E-state index contributed by atoms with van der Waals surface area (Å²) in [6.45, 7) is 0. The Morgan fingerprint density at radius 2 is 2.16 bits per heavy atom. The molecule has 0 spiro atoms. The first-order valence-electron chi connectivity index (χ1n) is 5.03. The molecule has 0 aliphatic heterocycles. The molecule has 1 aromatic rings. The summed E-state index contributed by atoms with van der Waals surface area (Å²) in [5, 5.41) is 21.4.